The van der Waals surface area contributed by atoms with Crippen LogP contribution in [-0.2, 0) is 0 Å². The Morgan fingerprint density at radius 3 is 0.943 bits per heavy atom. The van der Waals surface area contributed by atoms with Crippen molar-refractivity contribution in [3.63, 3.8) is 0 Å². The molecular weight excluding hydrogens is 447 g/mol. The number of benzene rings is 5. The predicted molar refractivity (Wildman–Crippen MR) is 149 cm³/mol. The van der Waals surface area contributed by atoms with E-state index in [9.17, 15) is 0 Å². The van der Waals surface area contributed by atoms with E-state index >= 15 is 0 Å². The molecule has 35 heavy (non-hydrogen) atoms. The molecule has 0 aliphatic heterocycles. The van der Waals surface area contributed by atoms with E-state index in [0.717, 1.165) is 27.4 Å². The zero-order valence-corrected chi connectivity index (χ0v) is 20.9. The van der Waals surface area contributed by atoms with Gasteiger partial charge in [0.25, 0.3) is 0 Å². The Hall–Kier alpha value is -3.87. The quantitative estimate of drug-likeness (QED) is 0.233. The molecule has 0 amide bonds. The van der Waals surface area contributed by atoms with Gasteiger partial charge in [-0.1, -0.05) is 0 Å². The van der Waals surface area contributed by atoms with E-state index in [2.05, 4.69) is 111 Å². The molecular formula is C32H29O2P. The van der Waals surface area contributed by atoms with Gasteiger partial charge in [0.2, 0.25) is 0 Å². The van der Waals surface area contributed by atoms with Crippen LogP contribution in [0.25, 0.3) is 0 Å². The average Bonchev–Trinajstić information content (AvgIpc) is 2.92. The predicted octanol–water partition coefficient (Wildman–Crippen LogP) is 7.12. The average molecular weight is 477 g/mol. The van der Waals surface area contributed by atoms with Crippen LogP contribution in [-0.4, -0.2) is 0 Å². The van der Waals surface area contributed by atoms with E-state index in [1.165, 1.54) is 11.1 Å². The summed E-state index contributed by atoms with van der Waals surface area (Å²) in [5.41, 5.74) is 2.35. The van der Waals surface area contributed by atoms with Gasteiger partial charge in [-0.05, 0) is 0 Å². The molecule has 5 rings (SSSR count). The molecule has 0 bridgehead atoms. The Morgan fingerprint density at radius 2 is 0.657 bits per heavy atom. The number of hydrogen-bond donors (Lipinski definition) is 0. The molecule has 0 radical (unpaired) electrons. The minimum absolute atomic E-state index is 0.761. The first kappa shape index (κ1) is 22.9. The van der Waals surface area contributed by atoms with E-state index in [-0.39, 0.29) is 0 Å². The molecule has 0 spiro atoms. The van der Waals surface area contributed by atoms with Gasteiger partial charge in [0.1, 0.15) is 0 Å². The fraction of sp³-hybridized carbons (Fsp3) is 0.0625. The molecule has 0 saturated heterocycles. The molecule has 0 unspecified atom stereocenters. The second kappa shape index (κ2) is 9.41. The van der Waals surface area contributed by atoms with Gasteiger partial charge in [-0.15, -0.1) is 0 Å². The molecule has 0 saturated carbocycles. The molecule has 3 heteroatoms. The van der Waals surface area contributed by atoms with Crippen molar-refractivity contribution in [2.24, 2.45) is 0 Å². The molecule has 0 fully saturated rings. The Kier molecular flexibility index (Phi) is 6.16. The standard InChI is InChI=1S/C32H29O2P/c1-26-18-22-28(23-19-26)33-35(30-12-6-3-7-13-30,31-14-8-4-9-15-31,32-16-10-5-11-17-32)34-29-24-20-27(2)21-25-29/h3-25H,1-2H3. The summed E-state index contributed by atoms with van der Waals surface area (Å²) in [5, 5.41) is 2.99. The molecule has 5 aromatic carbocycles. The monoisotopic (exact) mass is 476 g/mol. The third-order valence-corrected chi connectivity index (χ3v) is 11.1. The summed E-state index contributed by atoms with van der Waals surface area (Å²) < 4.78 is 14.7. The van der Waals surface area contributed by atoms with E-state index in [1.54, 1.807) is 0 Å². The summed E-state index contributed by atoms with van der Waals surface area (Å²) in [6, 6.07) is 47.6. The van der Waals surface area contributed by atoms with E-state index < -0.39 is 7.06 Å². The van der Waals surface area contributed by atoms with Crippen molar-refractivity contribution in [3.8, 4) is 11.5 Å². The van der Waals surface area contributed by atoms with Crippen LogP contribution >= 0.6 is 7.06 Å². The van der Waals surface area contributed by atoms with Crippen molar-refractivity contribution in [1.29, 1.82) is 0 Å². The van der Waals surface area contributed by atoms with Crippen molar-refractivity contribution in [2.45, 2.75) is 13.8 Å². The van der Waals surface area contributed by atoms with Gasteiger partial charge in [0.15, 0.2) is 0 Å². The van der Waals surface area contributed by atoms with Crippen LogP contribution in [0.2, 0.25) is 0 Å². The first-order valence-electron chi connectivity index (χ1n) is 11.8. The molecule has 0 atom stereocenters. The number of aryl methyl sites for hydroxylation is 2. The fourth-order valence-corrected chi connectivity index (χ4v) is 9.23. The van der Waals surface area contributed by atoms with Crippen molar-refractivity contribution in [2.75, 3.05) is 0 Å². The van der Waals surface area contributed by atoms with Crippen molar-refractivity contribution < 1.29 is 9.05 Å². The molecule has 0 aromatic heterocycles. The van der Waals surface area contributed by atoms with Gasteiger partial charge in [-0.2, -0.15) is 0 Å². The maximum atomic E-state index is 7.35. The Morgan fingerprint density at radius 1 is 0.371 bits per heavy atom. The molecule has 5 aromatic rings. The molecule has 0 aliphatic rings. The van der Waals surface area contributed by atoms with Gasteiger partial charge in [-0.25, -0.2) is 0 Å². The Labute approximate surface area is 207 Å². The van der Waals surface area contributed by atoms with Crippen LogP contribution in [0.3, 0.4) is 0 Å². The molecule has 174 valence electrons. The first-order valence-corrected chi connectivity index (χ1v) is 13.9. The van der Waals surface area contributed by atoms with Gasteiger partial charge in [-0.3, -0.25) is 0 Å². The van der Waals surface area contributed by atoms with Crippen LogP contribution in [0, 0.1) is 13.8 Å². The molecule has 0 N–H and O–H groups in total. The van der Waals surface area contributed by atoms with Crippen LogP contribution in [0.1, 0.15) is 11.1 Å². The van der Waals surface area contributed by atoms with Crippen LogP contribution in [0.15, 0.2) is 140 Å². The SMILES string of the molecule is Cc1ccc(OP(Oc2ccc(C)cc2)(c2ccccc2)(c2ccccc2)c2ccccc2)cc1. The second-order valence-corrected chi connectivity index (χ2v) is 12.6. The second-order valence-electron chi connectivity index (χ2n) is 8.77. The zero-order valence-electron chi connectivity index (χ0n) is 20.0. The van der Waals surface area contributed by atoms with Crippen LogP contribution in [0.5, 0.6) is 11.5 Å². The van der Waals surface area contributed by atoms with Gasteiger partial charge >= 0.3 is 208 Å². The van der Waals surface area contributed by atoms with E-state index in [0.29, 0.717) is 0 Å². The van der Waals surface area contributed by atoms with Crippen molar-refractivity contribution in [3.05, 3.63) is 151 Å². The third-order valence-electron chi connectivity index (χ3n) is 6.28. The summed E-state index contributed by atoms with van der Waals surface area (Å²) in [6.45, 7) is 4.16. The van der Waals surface area contributed by atoms with Gasteiger partial charge in [0, 0.05) is 0 Å². The third kappa shape index (κ3) is 4.11. The van der Waals surface area contributed by atoms with Crippen molar-refractivity contribution in [1.82, 2.24) is 0 Å². The first-order chi connectivity index (χ1) is 17.1. The molecule has 2 nitrogen and oxygen atoms in total. The topological polar surface area (TPSA) is 18.5 Å². The summed E-state index contributed by atoms with van der Waals surface area (Å²) >= 11 is 0. The van der Waals surface area contributed by atoms with E-state index in [4.69, 9.17) is 9.05 Å². The van der Waals surface area contributed by atoms with Crippen molar-refractivity contribution >= 4 is 23.0 Å². The zero-order chi connectivity index (χ0) is 24.2. The summed E-state index contributed by atoms with van der Waals surface area (Å²) in [6.07, 6.45) is 0. The van der Waals surface area contributed by atoms with Crippen LogP contribution in [0.4, 0.5) is 0 Å². The summed E-state index contributed by atoms with van der Waals surface area (Å²) in [7, 11) is -4.02. The normalized spacial score (nSPS) is 12.3. The molecule has 0 heterocycles. The number of rotatable bonds is 7. The molecule has 0 aliphatic carbocycles. The number of hydrogen-bond acceptors (Lipinski definition) is 2. The Balaban J connectivity index is 1.92. The van der Waals surface area contributed by atoms with Crippen LogP contribution < -0.4 is 25.0 Å². The fourth-order valence-electron chi connectivity index (χ4n) is 4.48. The Bertz CT molecular complexity index is 1230. The maximum absolute atomic E-state index is 7.35. The van der Waals surface area contributed by atoms with Gasteiger partial charge < -0.3 is 0 Å². The summed E-state index contributed by atoms with van der Waals surface area (Å²) in [4.78, 5) is 0. The van der Waals surface area contributed by atoms with Gasteiger partial charge in [0.05, 0.1) is 0 Å². The summed E-state index contributed by atoms with van der Waals surface area (Å²) in [5.74, 6) is 1.52. The van der Waals surface area contributed by atoms with E-state index in [1.807, 2.05) is 42.5 Å². The minimum atomic E-state index is -4.02.